The molecule has 0 saturated heterocycles. The lowest BCUT2D eigenvalue weighted by Crippen LogP contribution is -2.17. The van der Waals surface area contributed by atoms with Gasteiger partial charge >= 0.3 is 5.97 Å². The first-order valence-electron chi connectivity index (χ1n) is 4.26. The molecule has 0 amide bonds. The lowest BCUT2D eigenvalue weighted by atomic mass is 9.99. The molecule has 0 spiro atoms. The van der Waals surface area contributed by atoms with E-state index in [-0.39, 0.29) is 12.5 Å². The van der Waals surface area contributed by atoms with Gasteiger partial charge in [-0.15, -0.1) is 0 Å². The number of aliphatic hydroxyl groups excluding tert-OH is 1. The number of aliphatic carboxylic acids is 1. The van der Waals surface area contributed by atoms with Crippen molar-refractivity contribution in [1.82, 2.24) is 0 Å². The maximum atomic E-state index is 10.6. The summed E-state index contributed by atoms with van der Waals surface area (Å²) in [6.07, 6.45) is 2.58. The van der Waals surface area contributed by atoms with Crippen molar-refractivity contribution in [3.05, 3.63) is 0 Å². The first-order valence-corrected chi connectivity index (χ1v) is 4.26. The summed E-state index contributed by atoms with van der Waals surface area (Å²) in [6, 6.07) is 0. The minimum atomic E-state index is -0.779. The Hall–Kier alpha value is -0.610. The maximum Gasteiger partial charge on any atom is 0.306 e. The number of hydrogen-bond acceptors (Lipinski definition) is 3. The van der Waals surface area contributed by atoms with E-state index in [1.165, 1.54) is 0 Å². The summed E-state index contributed by atoms with van der Waals surface area (Å²) in [7, 11) is 0. The Morgan fingerprint density at radius 2 is 2.00 bits per heavy atom. The average Bonchev–Trinajstić information content (AvgIpc) is 2.03. The van der Waals surface area contributed by atoms with Crippen LogP contribution in [0.1, 0.15) is 25.7 Å². The molecule has 0 bridgehead atoms. The highest BCUT2D eigenvalue weighted by Crippen LogP contribution is 2.11. The molecule has 0 aromatic heterocycles. The maximum absolute atomic E-state index is 10.6. The summed E-state index contributed by atoms with van der Waals surface area (Å²) in [4.78, 5) is 10.6. The van der Waals surface area contributed by atoms with Crippen molar-refractivity contribution >= 4 is 5.97 Å². The van der Waals surface area contributed by atoms with E-state index in [1.807, 2.05) is 0 Å². The molecule has 4 heteroatoms. The third kappa shape index (κ3) is 5.09. The predicted molar refractivity (Wildman–Crippen MR) is 45.7 cm³/mol. The Morgan fingerprint density at radius 1 is 1.33 bits per heavy atom. The number of carboxylic acids is 1. The largest absolute Gasteiger partial charge is 0.481 e. The molecule has 72 valence electrons. The molecule has 0 aliphatic rings. The lowest BCUT2D eigenvalue weighted by molar-refractivity contribution is -0.142. The lowest BCUT2D eigenvalue weighted by Gasteiger charge is -2.09. The van der Waals surface area contributed by atoms with Crippen LogP contribution in [0, 0.1) is 5.92 Å². The minimum Gasteiger partial charge on any atom is -0.481 e. The molecule has 0 aliphatic carbocycles. The number of unbranched alkanes of at least 4 members (excludes halogenated alkanes) is 1. The summed E-state index contributed by atoms with van der Waals surface area (Å²) in [5.41, 5.74) is 5.26. The molecule has 0 rings (SSSR count). The average molecular weight is 175 g/mol. The van der Waals surface area contributed by atoms with E-state index in [2.05, 4.69) is 0 Å². The molecule has 0 aromatic rings. The summed E-state index contributed by atoms with van der Waals surface area (Å²) in [5, 5.41) is 17.2. The molecule has 4 nitrogen and oxygen atoms in total. The fraction of sp³-hybridized carbons (Fsp3) is 0.875. The summed E-state index contributed by atoms with van der Waals surface area (Å²) in [5.74, 6) is -1.11. The fourth-order valence-electron chi connectivity index (χ4n) is 1.10. The van der Waals surface area contributed by atoms with Crippen LogP contribution in [-0.4, -0.2) is 29.3 Å². The Labute approximate surface area is 72.4 Å². The number of carboxylic acid groups (broad SMARTS) is 1. The van der Waals surface area contributed by atoms with Gasteiger partial charge in [0.05, 0.1) is 5.92 Å². The number of carbonyl (C=O) groups is 1. The van der Waals surface area contributed by atoms with Gasteiger partial charge in [0.1, 0.15) is 0 Å². The number of aliphatic hydroxyl groups is 1. The van der Waals surface area contributed by atoms with E-state index in [0.29, 0.717) is 25.8 Å². The van der Waals surface area contributed by atoms with Crippen LogP contribution in [0.15, 0.2) is 0 Å². The van der Waals surface area contributed by atoms with E-state index < -0.39 is 5.97 Å². The molecule has 4 N–H and O–H groups in total. The molecule has 1 unspecified atom stereocenters. The monoisotopic (exact) mass is 175 g/mol. The molecule has 0 aromatic carbocycles. The summed E-state index contributed by atoms with van der Waals surface area (Å²) < 4.78 is 0. The molecule has 0 fully saturated rings. The third-order valence-electron chi connectivity index (χ3n) is 1.83. The zero-order valence-electron chi connectivity index (χ0n) is 7.20. The topological polar surface area (TPSA) is 83.5 Å². The number of rotatable bonds is 7. The fourth-order valence-corrected chi connectivity index (χ4v) is 1.10. The predicted octanol–water partition coefficient (Wildman–Crippen LogP) is 0.199. The number of hydrogen-bond donors (Lipinski definition) is 3. The summed E-state index contributed by atoms with van der Waals surface area (Å²) >= 11 is 0. The first-order chi connectivity index (χ1) is 5.72. The van der Waals surface area contributed by atoms with Gasteiger partial charge in [0, 0.05) is 6.61 Å². The van der Waals surface area contributed by atoms with Crippen LogP contribution in [-0.2, 0) is 4.79 Å². The normalized spacial score (nSPS) is 12.8. The van der Waals surface area contributed by atoms with Gasteiger partial charge in [0.15, 0.2) is 0 Å². The van der Waals surface area contributed by atoms with Gasteiger partial charge in [-0.1, -0.05) is 6.42 Å². The van der Waals surface area contributed by atoms with Crippen LogP contribution in [0.2, 0.25) is 0 Å². The molecule has 0 heterocycles. The van der Waals surface area contributed by atoms with Crippen molar-refractivity contribution in [2.24, 2.45) is 11.7 Å². The van der Waals surface area contributed by atoms with Gasteiger partial charge in [-0.3, -0.25) is 4.79 Å². The Morgan fingerprint density at radius 3 is 2.42 bits per heavy atom. The summed E-state index contributed by atoms with van der Waals surface area (Å²) in [6.45, 7) is 0.547. The van der Waals surface area contributed by atoms with E-state index >= 15 is 0 Å². The van der Waals surface area contributed by atoms with Crippen molar-refractivity contribution < 1.29 is 15.0 Å². The highest BCUT2D eigenvalue weighted by Gasteiger charge is 2.15. The third-order valence-corrected chi connectivity index (χ3v) is 1.83. The standard InChI is InChI=1S/C8H17NO3/c9-5-4-7(8(11)12)3-1-2-6-10/h7,10H,1-6,9H2,(H,11,12). The van der Waals surface area contributed by atoms with Gasteiger partial charge in [-0.05, 0) is 25.8 Å². The van der Waals surface area contributed by atoms with E-state index in [9.17, 15) is 4.79 Å². The van der Waals surface area contributed by atoms with E-state index in [1.54, 1.807) is 0 Å². The molecular formula is C8H17NO3. The van der Waals surface area contributed by atoms with Gasteiger partial charge in [-0.25, -0.2) is 0 Å². The van der Waals surface area contributed by atoms with Crippen LogP contribution in [0.5, 0.6) is 0 Å². The van der Waals surface area contributed by atoms with Crippen LogP contribution >= 0.6 is 0 Å². The van der Waals surface area contributed by atoms with Gasteiger partial charge < -0.3 is 15.9 Å². The zero-order valence-corrected chi connectivity index (χ0v) is 7.20. The van der Waals surface area contributed by atoms with Crippen molar-refractivity contribution in [1.29, 1.82) is 0 Å². The van der Waals surface area contributed by atoms with E-state index in [4.69, 9.17) is 15.9 Å². The van der Waals surface area contributed by atoms with Crippen molar-refractivity contribution in [2.75, 3.05) is 13.2 Å². The van der Waals surface area contributed by atoms with Gasteiger partial charge in [0.2, 0.25) is 0 Å². The molecule has 1 atom stereocenters. The van der Waals surface area contributed by atoms with Crippen molar-refractivity contribution in [2.45, 2.75) is 25.7 Å². The first kappa shape index (κ1) is 11.4. The Bertz CT molecular complexity index is 127. The SMILES string of the molecule is NCCC(CCCCO)C(=O)O. The van der Waals surface area contributed by atoms with Gasteiger partial charge in [-0.2, -0.15) is 0 Å². The quantitative estimate of drug-likeness (QED) is 0.482. The Kier molecular flexibility index (Phi) is 6.70. The minimum absolute atomic E-state index is 0.134. The molecular weight excluding hydrogens is 158 g/mol. The second-order valence-electron chi connectivity index (χ2n) is 2.83. The van der Waals surface area contributed by atoms with Crippen LogP contribution < -0.4 is 5.73 Å². The van der Waals surface area contributed by atoms with Crippen LogP contribution in [0.4, 0.5) is 0 Å². The molecule has 0 radical (unpaired) electrons. The second kappa shape index (κ2) is 7.06. The van der Waals surface area contributed by atoms with Crippen LogP contribution in [0.3, 0.4) is 0 Å². The highest BCUT2D eigenvalue weighted by atomic mass is 16.4. The van der Waals surface area contributed by atoms with Crippen molar-refractivity contribution in [3.63, 3.8) is 0 Å². The van der Waals surface area contributed by atoms with Crippen molar-refractivity contribution in [3.8, 4) is 0 Å². The smallest absolute Gasteiger partial charge is 0.306 e. The number of nitrogens with two attached hydrogens (primary N) is 1. The molecule has 0 saturated carbocycles. The Balaban J connectivity index is 3.56. The highest BCUT2D eigenvalue weighted by molar-refractivity contribution is 5.69. The van der Waals surface area contributed by atoms with E-state index in [0.717, 1.165) is 6.42 Å². The molecule has 0 aliphatic heterocycles. The second-order valence-corrected chi connectivity index (χ2v) is 2.83. The van der Waals surface area contributed by atoms with Gasteiger partial charge in [0.25, 0.3) is 0 Å². The molecule has 12 heavy (non-hydrogen) atoms. The zero-order chi connectivity index (χ0) is 9.40. The van der Waals surface area contributed by atoms with Crippen LogP contribution in [0.25, 0.3) is 0 Å².